The molecule has 1 aromatic heterocycles. The molecule has 1 heterocycles. The molecule has 0 aliphatic heterocycles. The van der Waals surface area contributed by atoms with Gasteiger partial charge in [0.05, 0.1) is 24.1 Å². The van der Waals surface area contributed by atoms with Gasteiger partial charge < -0.3 is 20.3 Å². The monoisotopic (exact) mass is 502 g/mol. The van der Waals surface area contributed by atoms with Gasteiger partial charge in [-0.05, 0) is 71.7 Å². The van der Waals surface area contributed by atoms with Crippen molar-refractivity contribution in [2.24, 2.45) is 0 Å². The maximum Gasteiger partial charge on any atom is 1.00 e. The summed E-state index contributed by atoms with van der Waals surface area (Å²) in [6.07, 6.45) is 6.34. The Labute approximate surface area is 226 Å². The summed E-state index contributed by atoms with van der Waals surface area (Å²) in [5.41, 5.74) is 6.49. The number of aliphatic hydroxyl groups is 1. The number of aryl methyl sites for hydroxylation is 1. The number of carboxylic acid groups (broad SMARTS) is 1. The van der Waals surface area contributed by atoms with E-state index in [1.54, 1.807) is 17.8 Å². The Kier molecular flexibility index (Phi) is 11.8. The molecular weight excluding hydrogens is 475 g/mol. The number of amides is 1. The Balaban J connectivity index is 0.00000432. The number of aliphatic carboxylic acids is 1. The number of thioether (sulfide) groups is 1. The minimum absolute atomic E-state index is 0. The first-order valence-electron chi connectivity index (χ1n) is 10.8. The quantitative estimate of drug-likeness (QED) is 0.367. The van der Waals surface area contributed by atoms with Gasteiger partial charge in [-0.2, -0.15) is 11.8 Å². The topological polar surface area (TPSA) is 102 Å². The smallest absolute Gasteiger partial charge is 0.548 e. The molecule has 3 aromatic rings. The van der Waals surface area contributed by atoms with Crippen LogP contribution < -0.4 is 29.3 Å². The summed E-state index contributed by atoms with van der Waals surface area (Å²) in [5.74, 6) is -1.15. The van der Waals surface area contributed by atoms with E-state index in [0.29, 0.717) is 23.3 Å². The molecule has 0 radical (unpaired) electrons. The summed E-state index contributed by atoms with van der Waals surface area (Å²) >= 11 is 3.00. The maximum absolute atomic E-state index is 13.2. The van der Waals surface area contributed by atoms with Gasteiger partial charge in [-0.3, -0.25) is 9.78 Å². The third kappa shape index (κ3) is 8.09. The normalized spacial score (nSPS) is 12.0. The fourth-order valence-electron chi connectivity index (χ4n) is 3.63. The predicted octanol–water partition coefficient (Wildman–Crippen LogP) is 0.342. The van der Waals surface area contributed by atoms with Crippen molar-refractivity contribution < 1.29 is 38.7 Å². The summed E-state index contributed by atoms with van der Waals surface area (Å²) in [7, 11) is 0. The second kappa shape index (κ2) is 14.3. The second-order valence-corrected chi connectivity index (χ2v) is 9.77. The third-order valence-electron chi connectivity index (χ3n) is 5.40. The van der Waals surface area contributed by atoms with Crippen LogP contribution >= 0.6 is 23.1 Å². The molecule has 0 bridgehead atoms. The number of thiazole rings is 1. The predicted molar refractivity (Wildman–Crippen MR) is 137 cm³/mol. The first-order chi connectivity index (χ1) is 16.4. The Bertz CT molecular complexity index is 1170. The number of aromatic nitrogens is 1. The van der Waals surface area contributed by atoms with Gasteiger partial charge >= 0.3 is 18.9 Å². The van der Waals surface area contributed by atoms with E-state index < -0.39 is 17.9 Å². The van der Waals surface area contributed by atoms with Gasteiger partial charge in [0.15, 0.2) is 0 Å². The van der Waals surface area contributed by atoms with Gasteiger partial charge in [-0.25, -0.2) is 0 Å². The molecule has 0 aliphatic carbocycles. The summed E-state index contributed by atoms with van der Waals surface area (Å²) in [6.45, 7) is 1.87. The average Bonchev–Trinajstić information content (AvgIpc) is 3.34. The molecule has 6 nitrogen and oxygen atoms in total. The van der Waals surface area contributed by atoms with E-state index >= 15 is 0 Å². The zero-order valence-corrected chi connectivity index (χ0v) is 21.7. The van der Waals surface area contributed by atoms with Crippen LogP contribution in [-0.4, -0.2) is 46.6 Å². The van der Waals surface area contributed by atoms with Gasteiger partial charge in [0, 0.05) is 16.6 Å². The van der Waals surface area contributed by atoms with Crippen LogP contribution in [0.1, 0.15) is 32.8 Å². The molecule has 0 unspecified atom stereocenters. The number of benzene rings is 2. The van der Waals surface area contributed by atoms with Crippen molar-refractivity contribution in [1.82, 2.24) is 10.3 Å². The minimum Gasteiger partial charge on any atom is -0.548 e. The van der Waals surface area contributed by atoms with E-state index in [-0.39, 0.29) is 31.9 Å². The molecule has 0 saturated carbocycles. The molecule has 2 N–H and O–H groups in total. The molecule has 9 heteroatoms. The van der Waals surface area contributed by atoms with Gasteiger partial charge in [0.2, 0.25) is 0 Å². The first kappa shape index (κ1) is 28.9. The zero-order valence-electron chi connectivity index (χ0n) is 20.1. The van der Waals surface area contributed by atoms with Crippen molar-refractivity contribution in [3.05, 3.63) is 81.3 Å². The molecule has 1 amide bonds. The molecule has 178 valence electrons. The number of carbonyl (C=O) groups is 2. The largest absolute Gasteiger partial charge is 1.00 e. The van der Waals surface area contributed by atoms with Crippen LogP contribution in [0.5, 0.6) is 0 Å². The SMILES string of the molecule is CSCC[C@H](NC(=O)c1ccc(C/C(=C/c2cncs2)CO)cc1-c1ccccc1C)C(=O)[O-].[Li+]. The van der Waals surface area contributed by atoms with E-state index in [2.05, 4.69) is 10.3 Å². The van der Waals surface area contributed by atoms with Crippen LogP contribution in [0.25, 0.3) is 17.2 Å². The summed E-state index contributed by atoms with van der Waals surface area (Å²) < 4.78 is 0. The van der Waals surface area contributed by atoms with Crippen LogP contribution in [0.2, 0.25) is 0 Å². The Morgan fingerprint density at radius 2 is 2.00 bits per heavy atom. The van der Waals surface area contributed by atoms with E-state index in [0.717, 1.165) is 27.1 Å². The van der Waals surface area contributed by atoms with Crippen molar-refractivity contribution in [2.45, 2.75) is 25.8 Å². The number of aliphatic hydroxyl groups excluding tert-OH is 1. The molecule has 1 atom stereocenters. The van der Waals surface area contributed by atoms with E-state index in [1.807, 2.05) is 55.7 Å². The van der Waals surface area contributed by atoms with Crippen LogP contribution in [0, 0.1) is 6.92 Å². The molecule has 0 aliphatic rings. The summed E-state index contributed by atoms with van der Waals surface area (Å²) in [4.78, 5) is 29.7. The number of hydrogen-bond acceptors (Lipinski definition) is 7. The number of hydrogen-bond donors (Lipinski definition) is 2. The van der Waals surface area contributed by atoms with E-state index in [4.69, 9.17) is 0 Å². The van der Waals surface area contributed by atoms with E-state index in [9.17, 15) is 19.8 Å². The second-order valence-electron chi connectivity index (χ2n) is 7.86. The van der Waals surface area contributed by atoms with E-state index in [1.165, 1.54) is 23.1 Å². The van der Waals surface area contributed by atoms with Crippen molar-refractivity contribution in [2.75, 3.05) is 18.6 Å². The number of rotatable bonds is 11. The maximum atomic E-state index is 13.2. The number of carbonyl (C=O) groups excluding carboxylic acids is 2. The Morgan fingerprint density at radius 3 is 2.63 bits per heavy atom. The standard InChI is InChI=1S/C26H28N2O4S2.Li/c1-17-5-3-4-6-21(17)23-13-18(11-19(15-29)12-20-14-27-16-34-20)7-8-22(23)25(30)28-24(26(31)32)9-10-33-2;/h3-8,12-14,16,24,29H,9-11,15H2,1-2H3,(H,28,30)(H,31,32);/q;+1/p-1/b19-12-;/t24-;/m0./s1. The summed E-state index contributed by atoms with van der Waals surface area (Å²) in [6, 6.07) is 12.2. The third-order valence-corrected chi connectivity index (χ3v) is 6.76. The van der Waals surface area contributed by atoms with Gasteiger partial charge in [-0.15, -0.1) is 11.3 Å². The van der Waals surface area contributed by atoms with Crippen LogP contribution in [0.3, 0.4) is 0 Å². The molecule has 3 rings (SSSR count). The molecular formula is C26H27LiN2O4S2. The average molecular weight is 503 g/mol. The Hall–Kier alpha value is -2.34. The number of nitrogens with zero attached hydrogens (tertiary/aromatic N) is 1. The van der Waals surface area contributed by atoms with Gasteiger partial charge in [0.1, 0.15) is 0 Å². The van der Waals surface area contributed by atoms with Gasteiger partial charge in [0.25, 0.3) is 5.91 Å². The number of carboxylic acids is 1. The number of nitrogens with one attached hydrogen (secondary N) is 1. The zero-order chi connectivity index (χ0) is 24.5. The van der Waals surface area contributed by atoms with Gasteiger partial charge in [-0.1, -0.05) is 36.4 Å². The van der Waals surface area contributed by atoms with Crippen molar-refractivity contribution in [3.8, 4) is 11.1 Å². The van der Waals surface area contributed by atoms with Crippen molar-refractivity contribution >= 4 is 41.1 Å². The van der Waals surface area contributed by atoms with Crippen LogP contribution in [0.4, 0.5) is 0 Å². The Morgan fingerprint density at radius 1 is 1.23 bits per heavy atom. The molecule has 0 saturated heterocycles. The van der Waals surface area contributed by atoms with Crippen LogP contribution in [0.15, 0.2) is 59.7 Å². The minimum atomic E-state index is -1.29. The summed E-state index contributed by atoms with van der Waals surface area (Å²) in [5, 5.41) is 24.0. The molecule has 0 spiro atoms. The van der Waals surface area contributed by atoms with Crippen molar-refractivity contribution in [3.63, 3.8) is 0 Å². The van der Waals surface area contributed by atoms with Crippen molar-refractivity contribution in [1.29, 1.82) is 0 Å². The first-order valence-corrected chi connectivity index (χ1v) is 13.1. The molecule has 2 aromatic carbocycles. The fourth-order valence-corrected chi connectivity index (χ4v) is 4.70. The molecule has 0 fully saturated rings. The molecule has 35 heavy (non-hydrogen) atoms. The fraction of sp³-hybridized carbons (Fsp3) is 0.269. The van der Waals surface area contributed by atoms with Crippen LogP contribution in [-0.2, 0) is 11.2 Å².